The lowest BCUT2D eigenvalue weighted by Gasteiger charge is -2.26. The van der Waals surface area contributed by atoms with E-state index >= 15 is 0 Å². The molecule has 4 nitrogen and oxygen atoms in total. The number of carbonyl (C=O) groups is 1. The maximum Gasteiger partial charge on any atom is 0.287 e. The number of carbonyl (C=O) groups excluding carboxylic acids is 1. The molecule has 1 amide bonds. The van der Waals surface area contributed by atoms with E-state index in [0.717, 1.165) is 30.9 Å². The summed E-state index contributed by atoms with van der Waals surface area (Å²) in [6.45, 7) is 4.93. The molecule has 126 valence electrons. The lowest BCUT2D eigenvalue weighted by Crippen LogP contribution is -2.40. The molecular weight excluding hydrogens is 298 g/mol. The zero-order valence-corrected chi connectivity index (χ0v) is 14.3. The Balaban J connectivity index is 1.64. The Bertz CT molecular complexity index is 672. The van der Waals surface area contributed by atoms with Gasteiger partial charge in [0.1, 0.15) is 5.56 Å². The molecule has 0 unspecified atom stereocenters. The van der Waals surface area contributed by atoms with Crippen molar-refractivity contribution in [1.82, 2.24) is 5.32 Å². The number of anilines is 1. The second kappa shape index (κ2) is 7.95. The van der Waals surface area contributed by atoms with Crippen LogP contribution >= 0.6 is 0 Å². The fraction of sp³-hybridized carbons (Fsp3) is 0.400. The van der Waals surface area contributed by atoms with Crippen molar-refractivity contribution >= 4 is 11.7 Å². The highest BCUT2D eigenvalue weighted by molar-refractivity contribution is 5.98. The van der Waals surface area contributed by atoms with Crippen molar-refractivity contribution < 1.29 is 9.78 Å². The van der Waals surface area contributed by atoms with Gasteiger partial charge in [-0.3, -0.25) is 9.69 Å². The Morgan fingerprint density at radius 2 is 2.08 bits per heavy atom. The highest BCUT2D eigenvalue weighted by atomic mass is 16.1. The van der Waals surface area contributed by atoms with Gasteiger partial charge in [-0.25, -0.2) is 4.98 Å². The van der Waals surface area contributed by atoms with E-state index in [-0.39, 0.29) is 5.91 Å². The summed E-state index contributed by atoms with van der Waals surface area (Å²) in [5.74, 6) is 1.61. The van der Waals surface area contributed by atoms with E-state index < -0.39 is 0 Å². The topological polar surface area (TPSA) is 46.5 Å². The van der Waals surface area contributed by atoms with Gasteiger partial charge in [0.15, 0.2) is 0 Å². The quantitative estimate of drug-likeness (QED) is 0.919. The van der Waals surface area contributed by atoms with Crippen LogP contribution in [0.25, 0.3) is 0 Å². The van der Waals surface area contributed by atoms with E-state index in [1.807, 2.05) is 36.5 Å². The van der Waals surface area contributed by atoms with Crippen LogP contribution < -0.4 is 15.2 Å². The number of nitrogens with zero attached hydrogens (tertiary/aromatic N) is 1. The van der Waals surface area contributed by atoms with Gasteiger partial charge in [0.25, 0.3) is 11.7 Å². The van der Waals surface area contributed by atoms with Crippen LogP contribution in [0.15, 0.2) is 48.7 Å². The molecule has 2 N–H and O–H groups in total. The van der Waals surface area contributed by atoms with Crippen LogP contribution in [0.5, 0.6) is 0 Å². The van der Waals surface area contributed by atoms with Crippen LogP contribution in [-0.4, -0.2) is 25.5 Å². The summed E-state index contributed by atoms with van der Waals surface area (Å²) in [5.41, 5.74) is 1.97. The van der Waals surface area contributed by atoms with Crippen LogP contribution in [0.4, 0.5) is 5.82 Å². The van der Waals surface area contributed by atoms with E-state index in [0.29, 0.717) is 12.5 Å². The molecule has 3 rings (SSSR count). The number of aromatic amines is 1. The highest BCUT2D eigenvalue weighted by Crippen LogP contribution is 2.22. The van der Waals surface area contributed by atoms with Gasteiger partial charge in [-0.2, -0.15) is 0 Å². The Morgan fingerprint density at radius 3 is 2.88 bits per heavy atom. The Hall–Kier alpha value is -2.36. The molecule has 0 saturated carbocycles. The molecule has 1 atom stereocenters. The summed E-state index contributed by atoms with van der Waals surface area (Å²) in [5, 5.41) is 3.05. The number of aromatic nitrogens is 1. The molecule has 1 aliphatic rings. The second-order valence-corrected chi connectivity index (χ2v) is 6.62. The number of amides is 1. The van der Waals surface area contributed by atoms with E-state index in [1.54, 1.807) is 0 Å². The highest BCUT2D eigenvalue weighted by Gasteiger charge is 2.28. The van der Waals surface area contributed by atoms with Crippen LogP contribution in [-0.2, 0) is 6.42 Å². The third-order valence-electron chi connectivity index (χ3n) is 4.59. The molecule has 1 saturated heterocycles. The second-order valence-electron chi connectivity index (χ2n) is 6.62. The van der Waals surface area contributed by atoms with Crippen LogP contribution in [0, 0.1) is 5.92 Å². The molecule has 2 heterocycles. The van der Waals surface area contributed by atoms with Crippen LogP contribution in [0.1, 0.15) is 35.7 Å². The molecule has 2 aromatic rings. The van der Waals surface area contributed by atoms with E-state index in [1.165, 1.54) is 18.4 Å². The van der Waals surface area contributed by atoms with Gasteiger partial charge in [-0.1, -0.05) is 37.3 Å². The first kappa shape index (κ1) is 16.5. The van der Waals surface area contributed by atoms with Crippen molar-refractivity contribution in [2.75, 3.05) is 24.5 Å². The van der Waals surface area contributed by atoms with Gasteiger partial charge in [0, 0.05) is 6.54 Å². The fourth-order valence-corrected chi connectivity index (χ4v) is 3.33. The van der Waals surface area contributed by atoms with Crippen LogP contribution in [0.2, 0.25) is 0 Å². The standard InChI is InChI=1S/C20H25N3O/c1-16-7-6-14-23(15-16)19-18(10-5-12-21-19)20(24)22-13-11-17-8-3-2-4-9-17/h2-5,8-10,12,16H,6-7,11,13-15H2,1H3,(H,22,24)/p+1/t16-/m1/s1. The molecule has 0 aliphatic carbocycles. The molecule has 0 spiro atoms. The summed E-state index contributed by atoms with van der Waals surface area (Å²) < 4.78 is 0. The molecule has 4 heteroatoms. The van der Waals surface area contributed by atoms with E-state index in [4.69, 9.17) is 0 Å². The lowest BCUT2D eigenvalue weighted by atomic mass is 10.00. The number of piperidine rings is 1. The normalized spacial score (nSPS) is 17.5. The molecule has 1 aromatic heterocycles. The van der Waals surface area contributed by atoms with Crippen molar-refractivity contribution in [1.29, 1.82) is 0 Å². The molecule has 0 bridgehead atoms. The number of nitrogens with one attached hydrogen (secondary N) is 2. The SMILES string of the molecule is C[C@@H]1CCCN(c2[nH+]cccc2C(=O)NCCc2ccccc2)C1. The summed E-state index contributed by atoms with van der Waals surface area (Å²) in [4.78, 5) is 18.2. The largest absolute Gasteiger partial charge is 0.351 e. The van der Waals surface area contributed by atoms with Gasteiger partial charge >= 0.3 is 0 Å². The number of benzene rings is 1. The third-order valence-corrected chi connectivity index (χ3v) is 4.59. The first-order chi connectivity index (χ1) is 11.7. The average molecular weight is 324 g/mol. The molecule has 1 fully saturated rings. The maximum absolute atomic E-state index is 12.6. The molecule has 1 aliphatic heterocycles. The Kier molecular flexibility index (Phi) is 5.47. The minimum Gasteiger partial charge on any atom is -0.351 e. The summed E-state index contributed by atoms with van der Waals surface area (Å²) in [6, 6.07) is 14.0. The van der Waals surface area contributed by atoms with E-state index in [2.05, 4.69) is 34.3 Å². The zero-order chi connectivity index (χ0) is 16.8. The first-order valence-electron chi connectivity index (χ1n) is 8.82. The molecule has 0 radical (unpaired) electrons. The minimum atomic E-state index is -0.00370. The predicted octanol–water partition coefficient (Wildman–Crippen LogP) is 2.71. The monoisotopic (exact) mass is 324 g/mol. The van der Waals surface area contributed by atoms with Crippen molar-refractivity contribution in [3.8, 4) is 0 Å². The van der Waals surface area contributed by atoms with Gasteiger partial charge in [-0.15, -0.1) is 0 Å². The summed E-state index contributed by atoms with van der Waals surface area (Å²) in [6.07, 6.45) is 5.19. The smallest absolute Gasteiger partial charge is 0.287 e. The number of rotatable bonds is 5. The van der Waals surface area contributed by atoms with Crippen molar-refractivity contribution in [2.24, 2.45) is 5.92 Å². The molecule has 1 aromatic carbocycles. The van der Waals surface area contributed by atoms with Gasteiger partial charge < -0.3 is 5.32 Å². The summed E-state index contributed by atoms with van der Waals surface area (Å²) >= 11 is 0. The number of pyridine rings is 1. The Labute approximate surface area is 143 Å². The number of H-pyrrole nitrogens is 1. The fourth-order valence-electron chi connectivity index (χ4n) is 3.33. The van der Waals surface area contributed by atoms with Gasteiger partial charge in [-0.05, 0) is 42.9 Å². The number of hydrogen-bond acceptors (Lipinski definition) is 2. The predicted molar refractivity (Wildman–Crippen MR) is 96.1 cm³/mol. The number of hydrogen-bond donors (Lipinski definition) is 1. The van der Waals surface area contributed by atoms with Crippen molar-refractivity contribution in [2.45, 2.75) is 26.2 Å². The molecule has 24 heavy (non-hydrogen) atoms. The lowest BCUT2D eigenvalue weighted by molar-refractivity contribution is -0.364. The first-order valence-corrected chi connectivity index (χ1v) is 8.82. The van der Waals surface area contributed by atoms with Gasteiger partial charge in [0.05, 0.1) is 19.3 Å². The minimum absolute atomic E-state index is 0.00370. The maximum atomic E-state index is 12.6. The average Bonchev–Trinajstić information content (AvgIpc) is 2.62. The van der Waals surface area contributed by atoms with E-state index in [9.17, 15) is 4.79 Å². The van der Waals surface area contributed by atoms with Crippen LogP contribution in [0.3, 0.4) is 0 Å². The molecular formula is C20H26N3O+. The van der Waals surface area contributed by atoms with Gasteiger partial charge in [0.2, 0.25) is 0 Å². The Morgan fingerprint density at radius 1 is 1.25 bits per heavy atom. The van der Waals surface area contributed by atoms with Crippen molar-refractivity contribution in [3.63, 3.8) is 0 Å². The zero-order valence-electron chi connectivity index (χ0n) is 14.3. The third kappa shape index (κ3) is 4.13. The van der Waals surface area contributed by atoms with Crippen molar-refractivity contribution in [3.05, 3.63) is 59.8 Å². The summed E-state index contributed by atoms with van der Waals surface area (Å²) in [7, 11) is 0.